The fourth-order valence-electron chi connectivity index (χ4n) is 4.95. The number of benzene rings is 3. The first kappa shape index (κ1) is 26.4. The molecule has 0 bridgehead atoms. The van der Waals surface area contributed by atoms with Gasteiger partial charge in [0.25, 0.3) is 5.91 Å². The van der Waals surface area contributed by atoms with Crippen molar-refractivity contribution < 1.29 is 23.8 Å². The lowest BCUT2D eigenvalue weighted by Crippen LogP contribution is -2.38. The lowest BCUT2D eigenvalue weighted by atomic mass is 9.89. The number of halogens is 2. The van der Waals surface area contributed by atoms with Gasteiger partial charge in [-0.3, -0.25) is 4.79 Å². The zero-order valence-electron chi connectivity index (χ0n) is 21.3. The topological polar surface area (TPSA) is 84.7 Å². The second kappa shape index (κ2) is 11.3. The van der Waals surface area contributed by atoms with Crippen LogP contribution < -0.4 is 4.74 Å². The van der Waals surface area contributed by atoms with E-state index in [2.05, 4.69) is 0 Å². The number of carbonyl (C=O) groups is 2. The molecule has 200 valence electrons. The quantitative estimate of drug-likeness (QED) is 0.301. The van der Waals surface area contributed by atoms with Gasteiger partial charge in [-0.2, -0.15) is 5.10 Å². The Labute approximate surface area is 230 Å². The maximum absolute atomic E-state index is 13.9. The monoisotopic (exact) mass is 547 g/mol. The van der Waals surface area contributed by atoms with Crippen molar-refractivity contribution in [1.82, 2.24) is 14.7 Å². The fraction of sp³-hybridized carbons (Fsp3) is 0.233. The summed E-state index contributed by atoms with van der Waals surface area (Å²) in [5.41, 5.74) is 3.87. The van der Waals surface area contributed by atoms with E-state index in [0.717, 1.165) is 16.8 Å². The Kier molecular flexibility index (Phi) is 7.65. The fourth-order valence-corrected chi connectivity index (χ4v) is 5.08. The van der Waals surface area contributed by atoms with E-state index in [1.54, 1.807) is 46.0 Å². The van der Waals surface area contributed by atoms with Crippen molar-refractivity contribution in [3.8, 4) is 22.7 Å². The van der Waals surface area contributed by atoms with Gasteiger partial charge in [-0.25, -0.2) is 13.9 Å². The average molecular weight is 548 g/mol. The SMILES string of the molecule is Cc1ccccc1-n1nc(C(=O)N2CCC(c3ccc(F)cc3)CC2)c(OCC(=O)O)c1-c1ccc(Cl)cc1. The van der Waals surface area contributed by atoms with Crippen LogP contribution in [-0.2, 0) is 4.79 Å². The van der Waals surface area contributed by atoms with Crippen LogP contribution in [0.4, 0.5) is 4.39 Å². The van der Waals surface area contributed by atoms with Gasteiger partial charge >= 0.3 is 5.97 Å². The molecule has 1 amide bonds. The molecule has 0 atom stereocenters. The van der Waals surface area contributed by atoms with Gasteiger partial charge in [0.15, 0.2) is 18.1 Å². The first-order valence-corrected chi connectivity index (χ1v) is 13.0. The molecule has 0 saturated carbocycles. The van der Waals surface area contributed by atoms with Crippen molar-refractivity contribution in [3.63, 3.8) is 0 Å². The van der Waals surface area contributed by atoms with E-state index in [1.807, 2.05) is 31.2 Å². The van der Waals surface area contributed by atoms with E-state index in [0.29, 0.717) is 42.2 Å². The minimum absolute atomic E-state index is 0.0460. The van der Waals surface area contributed by atoms with Gasteiger partial charge in [0.1, 0.15) is 11.5 Å². The highest BCUT2D eigenvalue weighted by Crippen LogP contribution is 2.38. The number of piperidine rings is 1. The summed E-state index contributed by atoms with van der Waals surface area (Å²) in [5, 5.41) is 14.6. The van der Waals surface area contributed by atoms with Crippen LogP contribution in [0.15, 0.2) is 72.8 Å². The molecule has 9 heteroatoms. The second-order valence-electron chi connectivity index (χ2n) is 9.53. The molecule has 1 aliphatic rings. The summed E-state index contributed by atoms with van der Waals surface area (Å²) in [5.74, 6) is -1.46. The predicted molar refractivity (Wildman–Crippen MR) is 146 cm³/mol. The Morgan fingerprint density at radius 3 is 2.33 bits per heavy atom. The number of carbonyl (C=O) groups excluding carboxylic acids is 1. The van der Waals surface area contributed by atoms with Crippen LogP contribution in [0.3, 0.4) is 0 Å². The van der Waals surface area contributed by atoms with E-state index in [4.69, 9.17) is 21.4 Å². The maximum atomic E-state index is 13.9. The summed E-state index contributed by atoms with van der Waals surface area (Å²) in [6, 6.07) is 21.1. The first-order valence-electron chi connectivity index (χ1n) is 12.7. The van der Waals surface area contributed by atoms with Crippen molar-refractivity contribution >= 4 is 23.5 Å². The molecule has 2 heterocycles. The summed E-state index contributed by atoms with van der Waals surface area (Å²) in [4.78, 5) is 27.1. The van der Waals surface area contributed by atoms with Gasteiger partial charge in [-0.05, 0) is 67.1 Å². The molecule has 5 rings (SSSR count). The number of aromatic nitrogens is 2. The smallest absolute Gasteiger partial charge is 0.341 e. The number of hydrogen-bond donors (Lipinski definition) is 1. The number of nitrogens with zero attached hydrogens (tertiary/aromatic N) is 3. The van der Waals surface area contributed by atoms with Gasteiger partial charge in [-0.15, -0.1) is 0 Å². The van der Waals surface area contributed by atoms with Crippen molar-refractivity contribution in [3.05, 3.63) is 100 Å². The number of para-hydroxylation sites is 1. The van der Waals surface area contributed by atoms with Gasteiger partial charge < -0.3 is 14.7 Å². The normalized spacial score (nSPS) is 13.9. The minimum Gasteiger partial charge on any atom is -0.479 e. The maximum Gasteiger partial charge on any atom is 0.341 e. The van der Waals surface area contributed by atoms with Gasteiger partial charge in [0, 0.05) is 23.7 Å². The summed E-state index contributed by atoms with van der Waals surface area (Å²) >= 11 is 6.13. The number of rotatable bonds is 7. The Morgan fingerprint density at radius 2 is 1.69 bits per heavy atom. The molecular weight excluding hydrogens is 521 g/mol. The average Bonchev–Trinajstić information content (AvgIpc) is 3.32. The van der Waals surface area contributed by atoms with Gasteiger partial charge in [0.05, 0.1) is 5.69 Å². The van der Waals surface area contributed by atoms with E-state index < -0.39 is 12.6 Å². The van der Waals surface area contributed by atoms with Crippen LogP contribution in [0.1, 0.15) is 40.4 Å². The van der Waals surface area contributed by atoms with E-state index in [1.165, 1.54) is 12.1 Å². The number of carboxylic acid groups (broad SMARTS) is 1. The highest BCUT2D eigenvalue weighted by atomic mass is 35.5. The third-order valence-corrected chi connectivity index (χ3v) is 7.22. The van der Waals surface area contributed by atoms with Gasteiger partial charge in [-0.1, -0.05) is 54.1 Å². The highest BCUT2D eigenvalue weighted by molar-refractivity contribution is 6.30. The van der Waals surface area contributed by atoms with Crippen molar-refractivity contribution in [2.75, 3.05) is 19.7 Å². The standard InChI is InChI=1S/C30H27ClFN3O4/c1-19-4-2-3-5-25(19)35-28(22-6-10-23(31)11-7-22)29(39-18-26(36)37)27(33-35)30(38)34-16-14-21(15-17-34)20-8-12-24(32)13-9-20/h2-13,21H,14-18H2,1H3,(H,36,37). The largest absolute Gasteiger partial charge is 0.479 e. The Balaban J connectivity index is 1.54. The molecule has 1 fully saturated rings. The molecule has 0 radical (unpaired) electrons. The molecule has 1 N–H and O–H groups in total. The van der Waals surface area contributed by atoms with E-state index >= 15 is 0 Å². The molecule has 39 heavy (non-hydrogen) atoms. The predicted octanol–water partition coefficient (Wildman–Crippen LogP) is 6.12. The highest BCUT2D eigenvalue weighted by Gasteiger charge is 2.32. The molecule has 1 saturated heterocycles. The number of likely N-dealkylation sites (tertiary alicyclic amines) is 1. The number of hydrogen-bond acceptors (Lipinski definition) is 4. The minimum atomic E-state index is -1.17. The van der Waals surface area contributed by atoms with Gasteiger partial charge in [0.2, 0.25) is 0 Å². The van der Waals surface area contributed by atoms with Crippen LogP contribution in [0.5, 0.6) is 5.75 Å². The van der Waals surface area contributed by atoms with E-state index in [-0.39, 0.29) is 29.1 Å². The molecule has 0 aliphatic carbocycles. The zero-order chi connectivity index (χ0) is 27.5. The third-order valence-electron chi connectivity index (χ3n) is 6.97. The lowest BCUT2D eigenvalue weighted by molar-refractivity contribution is -0.139. The molecule has 0 unspecified atom stereocenters. The Hall–Kier alpha value is -4.17. The van der Waals surface area contributed by atoms with Crippen LogP contribution in [0.25, 0.3) is 16.9 Å². The summed E-state index contributed by atoms with van der Waals surface area (Å²) in [6.07, 6.45) is 1.43. The second-order valence-corrected chi connectivity index (χ2v) is 9.97. The molecule has 4 aromatic rings. The number of amides is 1. The molecular formula is C30H27ClFN3O4. The number of aryl methyl sites for hydroxylation is 1. The number of carboxylic acids is 1. The summed E-state index contributed by atoms with van der Waals surface area (Å²) in [7, 11) is 0. The van der Waals surface area contributed by atoms with Crippen LogP contribution in [-0.4, -0.2) is 51.4 Å². The van der Waals surface area contributed by atoms with E-state index in [9.17, 15) is 19.1 Å². The first-order chi connectivity index (χ1) is 18.8. The van der Waals surface area contributed by atoms with Crippen LogP contribution >= 0.6 is 11.6 Å². The molecule has 0 spiro atoms. The lowest BCUT2D eigenvalue weighted by Gasteiger charge is -2.32. The van der Waals surface area contributed by atoms with Crippen molar-refractivity contribution in [1.29, 1.82) is 0 Å². The number of ether oxygens (including phenoxy) is 1. The zero-order valence-corrected chi connectivity index (χ0v) is 22.1. The Morgan fingerprint density at radius 1 is 1.03 bits per heavy atom. The van der Waals surface area contributed by atoms with Crippen LogP contribution in [0, 0.1) is 12.7 Å². The molecule has 1 aromatic heterocycles. The van der Waals surface area contributed by atoms with Crippen molar-refractivity contribution in [2.24, 2.45) is 0 Å². The molecule has 7 nitrogen and oxygen atoms in total. The van der Waals surface area contributed by atoms with Crippen LogP contribution in [0.2, 0.25) is 5.02 Å². The summed E-state index contributed by atoms with van der Waals surface area (Å²) < 4.78 is 20.8. The molecule has 3 aromatic carbocycles. The summed E-state index contributed by atoms with van der Waals surface area (Å²) in [6.45, 7) is 2.26. The third kappa shape index (κ3) is 5.66. The van der Waals surface area contributed by atoms with Crippen molar-refractivity contribution in [2.45, 2.75) is 25.7 Å². The Bertz CT molecular complexity index is 1490. The number of aliphatic carboxylic acids is 1. The molecule has 1 aliphatic heterocycles.